The Hall–Kier alpha value is -0.0726. The van der Waals surface area contributed by atoms with E-state index >= 15 is 0 Å². The summed E-state index contributed by atoms with van der Waals surface area (Å²) in [5, 5.41) is 0. The molecule has 0 saturated carbocycles. The molecule has 0 N–H and O–H groups in total. The Bertz CT molecular complexity index is 523. The Morgan fingerprint density at radius 3 is 1.27 bits per heavy atom. The van der Waals surface area contributed by atoms with Crippen molar-refractivity contribution in [2.24, 2.45) is 0 Å². The second-order valence-electron chi connectivity index (χ2n) is 8.89. The molecule has 22 heavy (non-hydrogen) atoms. The van der Waals surface area contributed by atoms with Crippen molar-refractivity contribution in [1.82, 2.24) is 0 Å². The second kappa shape index (κ2) is 6.81. The van der Waals surface area contributed by atoms with Crippen molar-refractivity contribution in [2.45, 2.75) is 83.5 Å². The van der Waals surface area contributed by atoms with Crippen LogP contribution >= 0.6 is 0 Å². The summed E-state index contributed by atoms with van der Waals surface area (Å²) < 4.78 is 23.8. The Labute approximate surface area is 150 Å². The fourth-order valence-corrected chi connectivity index (χ4v) is 3.44. The monoisotopic (exact) mass is 316 g/mol. The van der Waals surface area contributed by atoms with Crippen LogP contribution in [-0.2, 0) is 27.3 Å². The molecule has 1 atom stereocenters. The first-order valence-electron chi connectivity index (χ1n) is 7.44. The van der Waals surface area contributed by atoms with E-state index in [-0.39, 0.29) is 35.1 Å². The van der Waals surface area contributed by atoms with Crippen molar-refractivity contribution < 1.29 is 27.6 Å². The minimum atomic E-state index is -2.23. The average molecular weight is 316 g/mol. The van der Waals surface area contributed by atoms with Gasteiger partial charge in [-0.2, -0.15) is 0 Å². The van der Waals surface area contributed by atoms with Crippen molar-refractivity contribution in [3.63, 3.8) is 0 Å². The predicted molar refractivity (Wildman–Crippen MR) is 89.7 cm³/mol. The molecule has 1 aromatic carbocycles. The quantitative estimate of drug-likeness (QED) is 0.586. The largest absolute Gasteiger partial charge is 1.00 e. The molecule has 0 saturated heterocycles. The normalized spacial score (nSPS) is 14.5. The van der Waals surface area contributed by atoms with E-state index in [2.05, 4.69) is 74.4 Å². The second-order valence-corrected chi connectivity index (χ2v) is 9.76. The van der Waals surface area contributed by atoms with Crippen LogP contribution in [0.3, 0.4) is 0 Å². The third-order valence-corrected chi connectivity index (χ3v) is 4.51. The molecular formula is C18H29LiO2S. The van der Waals surface area contributed by atoms with E-state index in [9.17, 15) is 8.76 Å². The third-order valence-electron chi connectivity index (χ3n) is 3.74. The number of benzene rings is 1. The maximum absolute atomic E-state index is 11.9. The van der Waals surface area contributed by atoms with Crippen LogP contribution in [-0.4, -0.2) is 8.76 Å². The van der Waals surface area contributed by atoms with Gasteiger partial charge in [0.25, 0.3) is 0 Å². The van der Waals surface area contributed by atoms with Crippen LogP contribution in [0.5, 0.6) is 0 Å². The summed E-state index contributed by atoms with van der Waals surface area (Å²) >= 11 is -2.23. The standard InChI is InChI=1S/C18H30O2S.Li/c1-16(2,3)12-10-13(17(4,5)6)15(21(19)20)14(11-12)18(7,8)9;/h10-11H,1-9H3,(H,19,20);/q;+1/p-1. The summed E-state index contributed by atoms with van der Waals surface area (Å²) in [5.74, 6) is 0. The van der Waals surface area contributed by atoms with Gasteiger partial charge in [-0.15, -0.1) is 0 Å². The van der Waals surface area contributed by atoms with Crippen molar-refractivity contribution in [2.75, 3.05) is 0 Å². The van der Waals surface area contributed by atoms with Crippen molar-refractivity contribution in [1.29, 1.82) is 0 Å². The molecule has 120 valence electrons. The smallest absolute Gasteiger partial charge is 0.768 e. The van der Waals surface area contributed by atoms with E-state index in [0.717, 1.165) is 11.1 Å². The third kappa shape index (κ3) is 4.96. The molecule has 0 radical (unpaired) electrons. The maximum Gasteiger partial charge on any atom is 1.00 e. The predicted octanol–water partition coefficient (Wildman–Crippen LogP) is 1.82. The fraction of sp³-hybridized carbons (Fsp3) is 0.667. The summed E-state index contributed by atoms with van der Waals surface area (Å²) in [6, 6.07) is 4.14. The zero-order chi connectivity index (χ0) is 16.8. The Morgan fingerprint density at radius 1 is 0.773 bits per heavy atom. The molecule has 0 heterocycles. The molecular weight excluding hydrogens is 287 g/mol. The van der Waals surface area contributed by atoms with Gasteiger partial charge in [0.2, 0.25) is 0 Å². The topological polar surface area (TPSA) is 40.1 Å². The van der Waals surface area contributed by atoms with Gasteiger partial charge in [0.05, 0.1) is 0 Å². The number of rotatable bonds is 1. The molecule has 0 aromatic heterocycles. The molecule has 1 unspecified atom stereocenters. The molecule has 0 aliphatic carbocycles. The van der Waals surface area contributed by atoms with E-state index < -0.39 is 11.1 Å². The molecule has 0 spiro atoms. The molecule has 1 rings (SSSR count). The van der Waals surface area contributed by atoms with E-state index in [1.807, 2.05) is 0 Å². The summed E-state index contributed by atoms with van der Waals surface area (Å²) in [6.45, 7) is 18.9. The van der Waals surface area contributed by atoms with Gasteiger partial charge in [0, 0.05) is 4.90 Å². The van der Waals surface area contributed by atoms with Crippen LogP contribution < -0.4 is 18.9 Å². The molecule has 4 heteroatoms. The summed E-state index contributed by atoms with van der Waals surface area (Å²) in [4.78, 5) is 0.475. The summed E-state index contributed by atoms with van der Waals surface area (Å²) in [6.07, 6.45) is 0. The van der Waals surface area contributed by atoms with Gasteiger partial charge in [-0.3, -0.25) is 4.21 Å². The average Bonchev–Trinajstić information content (AvgIpc) is 2.23. The zero-order valence-electron chi connectivity index (χ0n) is 15.9. The minimum absolute atomic E-state index is 0. The van der Waals surface area contributed by atoms with Gasteiger partial charge in [0.1, 0.15) is 0 Å². The van der Waals surface area contributed by atoms with E-state index in [0.29, 0.717) is 4.90 Å². The number of hydrogen-bond acceptors (Lipinski definition) is 2. The molecule has 0 fully saturated rings. The van der Waals surface area contributed by atoms with Crippen LogP contribution in [0.15, 0.2) is 17.0 Å². The summed E-state index contributed by atoms with van der Waals surface area (Å²) in [7, 11) is 0. The van der Waals surface area contributed by atoms with Crippen LogP contribution in [0.25, 0.3) is 0 Å². The molecule has 0 amide bonds. The molecule has 1 aromatic rings. The van der Waals surface area contributed by atoms with E-state index in [4.69, 9.17) is 0 Å². The van der Waals surface area contributed by atoms with Gasteiger partial charge in [0.15, 0.2) is 0 Å². The summed E-state index contributed by atoms with van der Waals surface area (Å²) in [5.41, 5.74) is 2.57. The van der Waals surface area contributed by atoms with Gasteiger partial charge < -0.3 is 4.55 Å². The number of hydrogen-bond donors (Lipinski definition) is 0. The zero-order valence-corrected chi connectivity index (χ0v) is 16.7. The molecule has 0 bridgehead atoms. The SMILES string of the molecule is CC(C)(C)c1cc(C(C)(C)C)c(S(=O)[O-])c(C(C)(C)C)c1.[Li+]. The maximum atomic E-state index is 11.9. The minimum Gasteiger partial charge on any atom is -0.768 e. The first kappa shape index (κ1) is 21.9. The van der Waals surface area contributed by atoms with Gasteiger partial charge >= 0.3 is 18.9 Å². The van der Waals surface area contributed by atoms with Crippen LogP contribution in [0, 0.1) is 0 Å². The van der Waals surface area contributed by atoms with Gasteiger partial charge in [-0.25, -0.2) is 0 Å². The molecule has 2 nitrogen and oxygen atoms in total. The van der Waals surface area contributed by atoms with Crippen LogP contribution in [0.4, 0.5) is 0 Å². The van der Waals surface area contributed by atoms with Crippen molar-refractivity contribution >= 4 is 11.1 Å². The van der Waals surface area contributed by atoms with E-state index in [1.165, 1.54) is 5.56 Å². The van der Waals surface area contributed by atoms with Gasteiger partial charge in [-0.05, 0) is 44.0 Å². The van der Waals surface area contributed by atoms with Gasteiger partial charge in [-0.1, -0.05) is 74.4 Å². The van der Waals surface area contributed by atoms with Crippen LogP contribution in [0.1, 0.15) is 79.0 Å². The molecule has 0 aliphatic heterocycles. The molecule has 0 aliphatic rings. The van der Waals surface area contributed by atoms with Crippen molar-refractivity contribution in [3.8, 4) is 0 Å². The first-order chi connectivity index (χ1) is 9.15. The van der Waals surface area contributed by atoms with Crippen LogP contribution in [0.2, 0.25) is 0 Å². The Morgan fingerprint density at radius 2 is 1.09 bits per heavy atom. The van der Waals surface area contributed by atoms with Crippen molar-refractivity contribution in [3.05, 3.63) is 28.8 Å². The van der Waals surface area contributed by atoms with E-state index in [1.54, 1.807) is 0 Å². The Balaban J connectivity index is 0.00000441. The Kier molecular flexibility index (Phi) is 6.79. The first-order valence-corrected chi connectivity index (χ1v) is 8.52. The fourth-order valence-electron chi connectivity index (χ4n) is 2.36.